The molecule has 1 aliphatic rings. The zero-order valence-electron chi connectivity index (χ0n) is 11.2. The molecule has 0 bridgehead atoms. The van der Waals surface area contributed by atoms with E-state index in [2.05, 4.69) is 28.6 Å². The van der Waals surface area contributed by atoms with Crippen LogP contribution in [0.4, 0.5) is 0 Å². The molecule has 1 aromatic heterocycles. The molecule has 0 aromatic carbocycles. The van der Waals surface area contributed by atoms with E-state index in [-0.39, 0.29) is 0 Å². The molecule has 0 radical (unpaired) electrons. The van der Waals surface area contributed by atoms with Crippen molar-refractivity contribution in [3.63, 3.8) is 0 Å². The maximum absolute atomic E-state index is 4.37. The molecule has 0 N–H and O–H groups in total. The summed E-state index contributed by atoms with van der Waals surface area (Å²) in [7, 11) is -1.12. The minimum atomic E-state index is -1.12. The lowest BCUT2D eigenvalue weighted by Crippen LogP contribution is -2.40. The van der Waals surface area contributed by atoms with Gasteiger partial charge in [0, 0.05) is 5.67 Å². The molecule has 2 rings (SSSR count). The van der Waals surface area contributed by atoms with E-state index in [0.717, 1.165) is 0 Å². The molecule has 0 saturated carbocycles. The maximum Gasteiger partial charge on any atom is 0.137 e. The van der Waals surface area contributed by atoms with Crippen LogP contribution < -0.4 is 0 Å². The van der Waals surface area contributed by atoms with Crippen molar-refractivity contribution in [2.45, 2.75) is 69.7 Å². The first kappa shape index (κ1) is 12.8. The van der Waals surface area contributed by atoms with Gasteiger partial charge in [0.15, 0.2) is 0 Å². The van der Waals surface area contributed by atoms with Crippen molar-refractivity contribution in [1.29, 1.82) is 0 Å². The van der Waals surface area contributed by atoms with Crippen LogP contribution in [0, 0.1) is 0 Å². The van der Waals surface area contributed by atoms with E-state index in [1.165, 1.54) is 50.2 Å². The molecule has 0 spiro atoms. The van der Waals surface area contributed by atoms with E-state index in [1.54, 1.807) is 6.33 Å². The summed E-state index contributed by atoms with van der Waals surface area (Å²) in [6, 6.07) is 4.53. The lowest BCUT2D eigenvalue weighted by atomic mass is 10.3. The van der Waals surface area contributed by atoms with Gasteiger partial charge in [0.05, 0.1) is 8.07 Å². The van der Waals surface area contributed by atoms with Crippen LogP contribution in [-0.2, 0) is 0 Å². The summed E-state index contributed by atoms with van der Waals surface area (Å²) < 4.78 is 2.13. The molecule has 3 nitrogen and oxygen atoms in total. The van der Waals surface area contributed by atoms with E-state index >= 15 is 0 Å². The molecule has 1 saturated heterocycles. The predicted molar refractivity (Wildman–Crippen MR) is 73.7 cm³/mol. The van der Waals surface area contributed by atoms with Gasteiger partial charge in [0.1, 0.15) is 12.7 Å². The second-order valence-corrected chi connectivity index (χ2v) is 10.6. The van der Waals surface area contributed by atoms with Crippen molar-refractivity contribution in [2.75, 3.05) is 0 Å². The first-order chi connectivity index (χ1) is 8.28. The van der Waals surface area contributed by atoms with Gasteiger partial charge in [-0.15, -0.1) is 0 Å². The Kier molecular flexibility index (Phi) is 4.37. The fraction of sp³-hybridized carbons (Fsp3) is 0.846. The minimum Gasteiger partial charge on any atom is -0.253 e. The zero-order chi connectivity index (χ0) is 12.1. The minimum absolute atomic E-state index is 0.643. The van der Waals surface area contributed by atoms with E-state index in [4.69, 9.17) is 0 Å². The molecular weight excluding hydrogens is 226 g/mol. The third kappa shape index (κ3) is 2.79. The quantitative estimate of drug-likeness (QED) is 0.568. The fourth-order valence-electron chi connectivity index (χ4n) is 3.38. The van der Waals surface area contributed by atoms with E-state index in [9.17, 15) is 0 Å². The van der Waals surface area contributed by atoms with Crippen LogP contribution in [0.5, 0.6) is 0 Å². The molecule has 0 amide bonds. The van der Waals surface area contributed by atoms with Crippen LogP contribution in [-0.4, -0.2) is 22.8 Å². The molecule has 1 aromatic rings. The standard InChI is InChI=1S/C13H25N3Si/c1-3-4-5-8-17(9-6-7-10-17)13(2)16-12-14-11-15-16/h11-13H,3-10H2,1-2H3. The highest BCUT2D eigenvalue weighted by Crippen LogP contribution is 2.41. The van der Waals surface area contributed by atoms with Gasteiger partial charge in [0.25, 0.3) is 0 Å². The molecule has 1 aliphatic heterocycles. The van der Waals surface area contributed by atoms with Gasteiger partial charge < -0.3 is 0 Å². The van der Waals surface area contributed by atoms with Crippen LogP contribution in [0.15, 0.2) is 12.7 Å². The Hall–Kier alpha value is -0.643. The van der Waals surface area contributed by atoms with Crippen LogP contribution >= 0.6 is 0 Å². The third-order valence-corrected chi connectivity index (χ3v) is 10.7. The lowest BCUT2D eigenvalue weighted by molar-refractivity contribution is 0.594. The Balaban J connectivity index is 2.05. The smallest absolute Gasteiger partial charge is 0.137 e. The summed E-state index contributed by atoms with van der Waals surface area (Å²) in [6.07, 6.45) is 10.7. The van der Waals surface area contributed by atoms with E-state index in [1.807, 2.05) is 6.33 Å². The average molecular weight is 251 g/mol. The Bertz CT molecular complexity index is 317. The molecular formula is C13H25N3Si. The molecule has 4 heteroatoms. The van der Waals surface area contributed by atoms with Gasteiger partial charge >= 0.3 is 0 Å². The summed E-state index contributed by atoms with van der Waals surface area (Å²) in [5.41, 5.74) is 0.643. The van der Waals surface area contributed by atoms with Crippen LogP contribution in [0.2, 0.25) is 18.1 Å². The summed E-state index contributed by atoms with van der Waals surface area (Å²) >= 11 is 0. The van der Waals surface area contributed by atoms with E-state index < -0.39 is 8.07 Å². The average Bonchev–Trinajstić information content (AvgIpc) is 3.00. The van der Waals surface area contributed by atoms with Crippen molar-refractivity contribution < 1.29 is 0 Å². The van der Waals surface area contributed by atoms with Gasteiger partial charge in [-0.3, -0.25) is 4.68 Å². The molecule has 1 fully saturated rings. The summed E-state index contributed by atoms with van der Waals surface area (Å²) in [6.45, 7) is 4.68. The number of nitrogens with zero attached hydrogens (tertiary/aromatic N) is 3. The highest BCUT2D eigenvalue weighted by molar-refractivity contribution is 6.81. The summed E-state index contributed by atoms with van der Waals surface area (Å²) in [4.78, 5) is 4.12. The third-order valence-electron chi connectivity index (χ3n) is 4.60. The first-order valence-corrected chi connectivity index (χ1v) is 9.82. The van der Waals surface area contributed by atoms with Crippen molar-refractivity contribution in [3.05, 3.63) is 12.7 Å². The highest BCUT2D eigenvalue weighted by atomic mass is 28.3. The van der Waals surface area contributed by atoms with Crippen molar-refractivity contribution in [3.8, 4) is 0 Å². The predicted octanol–water partition coefficient (Wildman–Crippen LogP) is 3.81. The molecule has 17 heavy (non-hydrogen) atoms. The Morgan fingerprint density at radius 2 is 2.06 bits per heavy atom. The monoisotopic (exact) mass is 251 g/mol. The summed E-state index contributed by atoms with van der Waals surface area (Å²) in [5, 5.41) is 4.37. The maximum atomic E-state index is 4.37. The van der Waals surface area contributed by atoms with Gasteiger partial charge in [-0.2, -0.15) is 5.10 Å². The fourth-order valence-corrected chi connectivity index (χ4v) is 8.94. The number of unbranched alkanes of at least 4 members (excludes halogenated alkanes) is 2. The van der Waals surface area contributed by atoms with Crippen molar-refractivity contribution >= 4 is 8.07 Å². The Morgan fingerprint density at radius 1 is 1.29 bits per heavy atom. The van der Waals surface area contributed by atoms with Gasteiger partial charge in [0.2, 0.25) is 0 Å². The molecule has 1 unspecified atom stereocenters. The molecule has 96 valence electrons. The first-order valence-electron chi connectivity index (χ1n) is 7.12. The topological polar surface area (TPSA) is 30.7 Å². The van der Waals surface area contributed by atoms with Crippen molar-refractivity contribution in [1.82, 2.24) is 14.8 Å². The highest BCUT2D eigenvalue weighted by Gasteiger charge is 2.41. The number of hydrogen-bond donors (Lipinski definition) is 0. The molecule has 0 aliphatic carbocycles. The van der Waals surface area contributed by atoms with Crippen LogP contribution in [0.1, 0.15) is 51.6 Å². The van der Waals surface area contributed by atoms with Crippen LogP contribution in [0.3, 0.4) is 0 Å². The van der Waals surface area contributed by atoms with Gasteiger partial charge in [-0.1, -0.05) is 57.2 Å². The van der Waals surface area contributed by atoms with Crippen molar-refractivity contribution in [2.24, 2.45) is 0 Å². The summed E-state index contributed by atoms with van der Waals surface area (Å²) in [5.74, 6) is 0. The van der Waals surface area contributed by atoms with Gasteiger partial charge in [-0.05, 0) is 6.92 Å². The normalized spacial score (nSPS) is 20.6. The molecule has 1 atom stereocenters. The SMILES string of the molecule is CCCCC[Si]1(C(C)n2cncn2)CCCC1. The lowest BCUT2D eigenvalue weighted by Gasteiger charge is -2.33. The Labute approximate surface area is 106 Å². The largest absolute Gasteiger partial charge is 0.253 e. The zero-order valence-corrected chi connectivity index (χ0v) is 12.2. The number of rotatable bonds is 6. The number of hydrogen-bond acceptors (Lipinski definition) is 2. The van der Waals surface area contributed by atoms with Crippen LogP contribution in [0.25, 0.3) is 0 Å². The number of aromatic nitrogens is 3. The Morgan fingerprint density at radius 3 is 2.65 bits per heavy atom. The second kappa shape index (κ2) is 5.80. The molecule has 2 heterocycles. The van der Waals surface area contributed by atoms with Gasteiger partial charge in [-0.25, -0.2) is 4.98 Å². The van der Waals surface area contributed by atoms with E-state index in [0.29, 0.717) is 5.67 Å². The second-order valence-electron chi connectivity index (χ2n) is 5.58.